The molecule has 0 aromatic rings. The summed E-state index contributed by atoms with van der Waals surface area (Å²) in [7, 11) is 0. The second kappa shape index (κ2) is 9.95. The maximum atomic E-state index is 2.57. The third-order valence-corrected chi connectivity index (χ3v) is 13.8. The van der Waals surface area contributed by atoms with E-state index in [4.69, 9.17) is 0 Å². The molecule has 0 radical (unpaired) electrons. The van der Waals surface area contributed by atoms with Crippen molar-refractivity contribution in [1.82, 2.24) is 0 Å². The van der Waals surface area contributed by atoms with Gasteiger partial charge >= 0.3 is 167 Å². The molecule has 0 aliphatic heterocycles. The summed E-state index contributed by atoms with van der Waals surface area (Å²) in [5, 5.41) is 0. The van der Waals surface area contributed by atoms with Crippen LogP contribution in [0.3, 0.4) is 0 Å². The molecule has 4 aliphatic rings. The van der Waals surface area contributed by atoms with E-state index in [1.807, 2.05) is 11.1 Å². The molecule has 0 aromatic heterocycles. The second-order valence-electron chi connectivity index (χ2n) is 9.38. The van der Waals surface area contributed by atoms with Gasteiger partial charge in [-0.1, -0.05) is 0 Å². The van der Waals surface area contributed by atoms with E-state index in [-0.39, 0.29) is 24.8 Å². The standard InChI is InChI=1S/2C12H17.2ClH.Zr/c2*1-9-7-11-6-4-3-5-10(2)12(11)8-9;;;/h2*3-4,6-7,9-10,12H,5,8H2,1-2H3;2*1H;. The third kappa shape index (κ3) is 4.62. The van der Waals surface area contributed by atoms with E-state index in [2.05, 4.69) is 64.2 Å². The number of halogens is 2. The summed E-state index contributed by atoms with van der Waals surface area (Å²) in [5.41, 5.74) is 3.74. The smallest absolute Gasteiger partial charge is 0.147 e. The summed E-state index contributed by atoms with van der Waals surface area (Å²) < 4.78 is 1.96. The van der Waals surface area contributed by atoms with Crippen molar-refractivity contribution in [3.05, 3.63) is 47.6 Å². The van der Waals surface area contributed by atoms with E-state index in [0.29, 0.717) is 0 Å². The molecular weight excluding hydrogens is 450 g/mol. The first-order chi connectivity index (χ1) is 12.1. The van der Waals surface area contributed by atoms with Gasteiger partial charge in [-0.2, -0.15) is 0 Å². The second-order valence-corrected chi connectivity index (χ2v) is 13.3. The van der Waals surface area contributed by atoms with Crippen LogP contribution in [-0.2, 0) is 23.2 Å². The van der Waals surface area contributed by atoms with Crippen LogP contribution in [-0.4, -0.2) is 0 Å². The van der Waals surface area contributed by atoms with Crippen LogP contribution in [0.25, 0.3) is 0 Å². The van der Waals surface area contributed by atoms with Gasteiger partial charge in [-0.05, 0) is 0 Å². The zero-order valence-electron chi connectivity index (χ0n) is 17.2. The van der Waals surface area contributed by atoms with Gasteiger partial charge in [0.15, 0.2) is 0 Å². The Bertz CT molecular complexity index is 578. The normalized spacial score (nSPS) is 42.5. The number of rotatable bonds is 2. The van der Waals surface area contributed by atoms with Gasteiger partial charge in [0.1, 0.15) is 0 Å². The fraction of sp³-hybridized carbons (Fsp3) is 0.667. The van der Waals surface area contributed by atoms with E-state index < -0.39 is 23.2 Å². The largest absolute Gasteiger partial charge is 0.147 e. The van der Waals surface area contributed by atoms with Crippen molar-refractivity contribution in [2.24, 2.45) is 35.5 Å². The topological polar surface area (TPSA) is 0 Å². The third-order valence-electron chi connectivity index (χ3n) is 7.56. The summed E-state index contributed by atoms with van der Waals surface area (Å²) >= 11 is -0.487. The van der Waals surface area contributed by atoms with Crippen LogP contribution in [0.5, 0.6) is 0 Å². The average molecular weight is 487 g/mol. The van der Waals surface area contributed by atoms with Crippen molar-refractivity contribution in [2.45, 2.75) is 60.6 Å². The van der Waals surface area contributed by atoms with Gasteiger partial charge < -0.3 is 0 Å². The van der Waals surface area contributed by atoms with Gasteiger partial charge in [-0.15, -0.1) is 24.8 Å². The molecule has 4 rings (SSSR count). The molecule has 8 atom stereocenters. The van der Waals surface area contributed by atoms with E-state index in [9.17, 15) is 0 Å². The molecule has 0 N–H and O–H groups in total. The van der Waals surface area contributed by atoms with E-state index in [0.717, 1.165) is 42.8 Å². The Balaban J connectivity index is 0.00000131. The van der Waals surface area contributed by atoms with E-state index in [1.54, 1.807) is 0 Å². The Kier molecular flexibility index (Phi) is 8.74. The molecule has 0 saturated heterocycles. The number of fused-ring (bicyclic) bond motifs is 2. The average Bonchev–Trinajstić information content (AvgIpc) is 2.91. The van der Waals surface area contributed by atoms with Crippen molar-refractivity contribution in [3.8, 4) is 0 Å². The molecule has 8 unspecified atom stereocenters. The van der Waals surface area contributed by atoms with Crippen molar-refractivity contribution >= 4 is 24.8 Å². The number of hydrogen-bond acceptors (Lipinski definition) is 0. The Morgan fingerprint density at radius 3 is 1.48 bits per heavy atom. The molecule has 0 aromatic carbocycles. The Morgan fingerprint density at radius 1 is 0.667 bits per heavy atom. The SMILES string of the molecule is CC1CC=CC=C2C1CC(C)[CH]2[Zr][CH]1C2=CC=CCC(C)C2CC1C.Cl.Cl. The fourth-order valence-corrected chi connectivity index (χ4v) is 11.7. The van der Waals surface area contributed by atoms with E-state index in [1.165, 1.54) is 25.7 Å². The first kappa shape index (κ1) is 23.7. The molecular formula is C24H36Cl2Zr. The van der Waals surface area contributed by atoms with Crippen LogP contribution >= 0.6 is 24.8 Å². The molecule has 150 valence electrons. The number of allylic oxidation sites excluding steroid dienone is 8. The zero-order chi connectivity index (χ0) is 17.6. The molecule has 27 heavy (non-hydrogen) atoms. The van der Waals surface area contributed by atoms with Crippen LogP contribution in [0.4, 0.5) is 0 Å². The monoisotopic (exact) mass is 484 g/mol. The summed E-state index contributed by atoms with van der Waals surface area (Å²) in [6.07, 6.45) is 20.2. The van der Waals surface area contributed by atoms with Crippen molar-refractivity contribution < 1.29 is 23.2 Å². The van der Waals surface area contributed by atoms with Gasteiger partial charge in [0.2, 0.25) is 0 Å². The first-order valence-electron chi connectivity index (χ1n) is 10.6. The maximum absolute atomic E-state index is 2.57. The molecule has 0 amide bonds. The Labute approximate surface area is 190 Å². The first-order valence-corrected chi connectivity index (χ1v) is 13.4. The zero-order valence-corrected chi connectivity index (χ0v) is 21.3. The predicted octanol–water partition coefficient (Wildman–Crippen LogP) is 7.85. The summed E-state index contributed by atoms with van der Waals surface area (Å²) in [5.74, 6) is 5.33. The molecule has 4 aliphatic carbocycles. The number of hydrogen-bond donors (Lipinski definition) is 0. The molecule has 3 heteroatoms. The van der Waals surface area contributed by atoms with Crippen molar-refractivity contribution in [2.75, 3.05) is 0 Å². The van der Waals surface area contributed by atoms with Crippen molar-refractivity contribution in [1.29, 1.82) is 0 Å². The van der Waals surface area contributed by atoms with Crippen LogP contribution in [0, 0.1) is 35.5 Å². The minimum absolute atomic E-state index is 0. The summed E-state index contributed by atoms with van der Waals surface area (Å²) in [6, 6.07) is 0. The van der Waals surface area contributed by atoms with Crippen molar-refractivity contribution in [3.63, 3.8) is 0 Å². The van der Waals surface area contributed by atoms with Gasteiger partial charge in [-0.3, -0.25) is 0 Å². The molecule has 2 saturated carbocycles. The minimum Gasteiger partial charge on any atom is -0.147 e. The van der Waals surface area contributed by atoms with Crippen LogP contribution < -0.4 is 0 Å². The molecule has 0 nitrogen and oxygen atoms in total. The van der Waals surface area contributed by atoms with Crippen LogP contribution in [0.15, 0.2) is 47.6 Å². The Morgan fingerprint density at radius 2 is 1.07 bits per heavy atom. The molecule has 0 spiro atoms. The van der Waals surface area contributed by atoms with Crippen LogP contribution in [0.2, 0.25) is 7.25 Å². The molecule has 2 fully saturated rings. The van der Waals surface area contributed by atoms with Gasteiger partial charge in [0, 0.05) is 0 Å². The fourth-order valence-electron chi connectivity index (χ4n) is 6.03. The summed E-state index contributed by atoms with van der Waals surface area (Å²) in [6.45, 7) is 10.1. The minimum atomic E-state index is -0.487. The quantitative estimate of drug-likeness (QED) is 0.373. The van der Waals surface area contributed by atoms with Gasteiger partial charge in [-0.25, -0.2) is 0 Å². The van der Waals surface area contributed by atoms with Gasteiger partial charge in [0.25, 0.3) is 0 Å². The summed E-state index contributed by atoms with van der Waals surface area (Å²) in [4.78, 5) is 0. The van der Waals surface area contributed by atoms with Crippen LogP contribution in [0.1, 0.15) is 53.4 Å². The molecule has 0 heterocycles. The Hall–Kier alpha value is 0.423. The predicted molar refractivity (Wildman–Crippen MR) is 119 cm³/mol. The maximum Gasteiger partial charge on any atom is -0.147 e. The van der Waals surface area contributed by atoms with Gasteiger partial charge in [0.05, 0.1) is 0 Å². The molecule has 0 bridgehead atoms. The van der Waals surface area contributed by atoms with E-state index >= 15 is 0 Å².